The number of fused-ring (bicyclic) bond motifs is 3. The van der Waals surface area contributed by atoms with E-state index in [9.17, 15) is 9.18 Å². The van der Waals surface area contributed by atoms with Gasteiger partial charge in [0, 0.05) is 53.5 Å². The van der Waals surface area contributed by atoms with E-state index in [1.54, 1.807) is 24.8 Å². The number of aromatic nitrogens is 5. The highest BCUT2D eigenvalue weighted by Gasteiger charge is 2.69. The summed E-state index contributed by atoms with van der Waals surface area (Å²) in [5, 5.41) is 4.45. The van der Waals surface area contributed by atoms with Crippen molar-refractivity contribution in [3.05, 3.63) is 42.6 Å². The monoisotopic (exact) mass is 588 g/mol. The fourth-order valence-electron chi connectivity index (χ4n) is 8.11. The van der Waals surface area contributed by atoms with Crippen LogP contribution in [0.15, 0.2) is 35.4 Å². The van der Waals surface area contributed by atoms with E-state index < -0.39 is 5.67 Å². The van der Waals surface area contributed by atoms with Gasteiger partial charge in [-0.3, -0.25) is 9.78 Å². The van der Waals surface area contributed by atoms with Crippen molar-refractivity contribution in [3.63, 3.8) is 0 Å². The molecule has 0 aromatic carbocycles. The van der Waals surface area contributed by atoms with Crippen LogP contribution in [-0.4, -0.2) is 49.8 Å². The van der Waals surface area contributed by atoms with Gasteiger partial charge in [0.25, 0.3) is 0 Å². The summed E-state index contributed by atoms with van der Waals surface area (Å²) in [6, 6.07) is 2.33. The van der Waals surface area contributed by atoms with Gasteiger partial charge in [0.05, 0.1) is 18.5 Å². The number of halogens is 1. The van der Waals surface area contributed by atoms with Crippen LogP contribution in [0, 0.1) is 10.8 Å². The molecular formula is C33H41FN6O3. The van der Waals surface area contributed by atoms with E-state index in [-0.39, 0.29) is 27.6 Å². The van der Waals surface area contributed by atoms with E-state index in [4.69, 9.17) is 14.2 Å². The van der Waals surface area contributed by atoms with Crippen LogP contribution in [0.25, 0.3) is 11.1 Å². The van der Waals surface area contributed by atoms with E-state index in [1.807, 2.05) is 17.9 Å². The first-order chi connectivity index (χ1) is 20.4. The molecule has 4 bridgehead atoms. The zero-order valence-electron chi connectivity index (χ0n) is 25.7. The number of carbonyl (C=O) groups is 1. The molecule has 3 aromatic heterocycles. The normalized spacial score (nSPS) is 30.8. The van der Waals surface area contributed by atoms with E-state index >= 15 is 0 Å². The molecule has 6 saturated carbocycles. The second kappa shape index (κ2) is 9.79. The van der Waals surface area contributed by atoms with Gasteiger partial charge in [-0.2, -0.15) is 4.98 Å². The van der Waals surface area contributed by atoms with Crippen LogP contribution in [0.1, 0.15) is 104 Å². The average Bonchev–Trinajstić information content (AvgIpc) is 3.49. The fraction of sp³-hybridized carbons (Fsp3) is 0.636. The SMILES string of the molecule is CCOc1ncc(-c2cncc(N(CC34CCC(c5noc(C(C)(C)C)n5)(CC3)CC4)C(=O)CC34CC(F)(C3)C4)c2)cn1. The molecule has 43 heavy (non-hydrogen) atoms. The summed E-state index contributed by atoms with van der Waals surface area (Å²) in [7, 11) is 0. The second-order valence-corrected chi connectivity index (χ2v) is 14.9. The van der Waals surface area contributed by atoms with Crippen molar-refractivity contribution in [1.29, 1.82) is 0 Å². The topological polar surface area (TPSA) is 107 Å². The van der Waals surface area contributed by atoms with Gasteiger partial charge >= 0.3 is 6.01 Å². The molecular weight excluding hydrogens is 547 g/mol. The molecule has 0 aliphatic heterocycles. The molecule has 9 rings (SSSR count). The third kappa shape index (κ3) is 5.00. The number of amides is 1. The van der Waals surface area contributed by atoms with E-state index in [1.165, 1.54) is 0 Å². The minimum absolute atomic E-state index is 0.00694. The highest BCUT2D eigenvalue weighted by Crippen LogP contribution is 2.71. The molecule has 0 saturated heterocycles. The van der Waals surface area contributed by atoms with Crippen molar-refractivity contribution in [3.8, 4) is 17.1 Å². The summed E-state index contributed by atoms with van der Waals surface area (Å²) in [6.07, 6.45) is 14.8. The van der Waals surface area contributed by atoms with Crippen LogP contribution in [-0.2, 0) is 15.6 Å². The van der Waals surface area contributed by atoms with Gasteiger partial charge in [-0.25, -0.2) is 14.4 Å². The summed E-state index contributed by atoms with van der Waals surface area (Å²) in [6.45, 7) is 9.29. The van der Waals surface area contributed by atoms with Crippen LogP contribution >= 0.6 is 0 Å². The molecule has 6 fully saturated rings. The van der Waals surface area contributed by atoms with Crippen molar-refractivity contribution >= 4 is 11.6 Å². The van der Waals surface area contributed by atoms with Crippen LogP contribution < -0.4 is 9.64 Å². The van der Waals surface area contributed by atoms with Gasteiger partial charge in [-0.05, 0) is 81.6 Å². The largest absolute Gasteiger partial charge is 0.464 e. The molecule has 3 heterocycles. The van der Waals surface area contributed by atoms with Crippen molar-refractivity contribution in [1.82, 2.24) is 25.1 Å². The number of anilines is 1. The maximum Gasteiger partial charge on any atom is 0.316 e. The Kier molecular flexibility index (Phi) is 6.45. The Labute approximate surface area is 252 Å². The highest BCUT2D eigenvalue weighted by atomic mass is 19.1. The summed E-state index contributed by atoms with van der Waals surface area (Å²) in [5.74, 6) is 1.59. The van der Waals surface area contributed by atoms with E-state index in [2.05, 4.69) is 40.9 Å². The minimum Gasteiger partial charge on any atom is -0.464 e. The number of hydrogen-bond donors (Lipinski definition) is 0. The second-order valence-electron chi connectivity index (χ2n) is 14.9. The van der Waals surface area contributed by atoms with Gasteiger partial charge in [0.15, 0.2) is 5.82 Å². The van der Waals surface area contributed by atoms with Crippen LogP contribution in [0.4, 0.5) is 10.1 Å². The van der Waals surface area contributed by atoms with Crippen molar-refractivity contribution in [2.75, 3.05) is 18.1 Å². The van der Waals surface area contributed by atoms with Crippen LogP contribution in [0.3, 0.4) is 0 Å². The number of hydrogen-bond acceptors (Lipinski definition) is 8. The maximum absolute atomic E-state index is 14.4. The van der Waals surface area contributed by atoms with E-state index in [0.29, 0.717) is 50.7 Å². The predicted molar refractivity (Wildman–Crippen MR) is 158 cm³/mol. The molecule has 228 valence electrons. The number of carbonyl (C=O) groups excluding carboxylic acids is 1. The Morgan fingerprint density at radius 1 is 0.977 bits per heavy atom. The van der Waals surface area contributed by atoms with Crippen molar-refractivity contribution in [2.45, 2.75) is 108 Å². The van der Waals surface area contributed by atoms with Gasteiger partial charge in [0.2, 0.25) is 11.8 Å². The van der Waals surface area contributed by atoms with Crippen molar-refractivity contribution in [2.24, 2.45) is 10.8 Å². The van der Waals surface area contributed by atoms with Crippen LogP contribution in [0.5, 0.6) is 6.01 Å². The zero-order valence-corrected chi connectivity index (χ0v) is 25.7. The Morgan fingerprint density at radius 2 is 1.65 bits per heavy atom. The summed E-state index contributed by atoms with van der Waals surface area (Å²) in [4.78, 5) is 34.0. The summed E-state index contributed by atoms with van der Waals surface area (Å²) >= 11 is 0. The predicted octanol–water partition coefficient (Wildman–Crippen LogP) is 6.53. The molecule has 0 spiro atoms. The number of alkyl halides is 1. The fourth-order valence-corrected chi connectivity index (χ4v) is 8.11. The molecule has 3 aromatic rings. The lowest BCUT2D eigenvalue weighted by Crippen LogP contribution is -2.65. The molecule has 0 N–H and O–H groups in total. The van der Waals surface area contributed by atoms with E-state index in [0.717, 1.165) is 61.2 Å². The van der Waals surface area contributed by atoms with Crippen LogP contribution in [0.2, 0.25) is 0 Å². The standard InChI is InChI=1S/C33H41FN6O3/c1-5-42-28-36-15-23(16-37-28)22-12-24(17-35-14-22)40(25(41)13-31-18-33(34,19-31)20-31)21-30-6-9-32(10-7-30,11-8-30)26-38-27(43-39-26)29(2,3)4/h12,14-17H,5-11,13,18-21H2,1-4H3. The number of rotatable bonds is 9. The third-order valence-electron chi connectivity index (χ3n) is 10.6. The molecule has 6 aliphatic rings. The lowest BCUT2D eigenvalue weighted by Gasteiger charge is -2.66. The maximum atomic E-state index is 14.4. The first-order valence-electron chi connectivity index (χ1n) is 15.7. The first-order valence-corrected chi connectivity index (χ1v) is 15.7. The van der Waals surface area contributed by atoms with Gasteiger partial charge in [-0.1, -0.05) is 25.9 Å². The van der Waals surface area contributed by atoms with Gasteiger partial charge in [0.1, 0.15) is 5.67 Å². The lowest BCUT2D eigenvalue weighted by molar-refractivity contribution is -0.215. The van der Waals surface area contributed by atoms with Gasteiger partial charge in [-0.15, -0.1) is 0 Å². The Hall–Kier alpha value is -3.43. The zero-order chi connectivity index (χ0) is 30.1. The Balaban J connectivity index is 1.13. The lowest BCUT2D eigenvalue weighted by atomic mass is 9.41. The highest BCUT2D eigenvalue weighted by molar-refractivity contribution is 5.94. The smallest absolute Gasteiger partial charge is 0.316 e. The average molecular weight is 589 g/mol. The summed E-state index contributed by atoms with van der Waals surface area (Å²) in [5.41, 5.74) is 0.969. The molecule has 0 radical (unpaired) electrons. The Bertz CT molecular complexity index is 1490. The molecule has 0 unspecified atom stereocenters. The third-order valence-corrected chi connectivity index (χ3v) is 10.6. The molecule has 9 nitrogen and oxygen atoms in total. The molecule has 1 amide bonds. The van der Waals surface area contributed by atoms with Crippen molar-refractivity contribution < 1.29 is 18.4 Å². The van der Waals surface area contributed by atoms with Gasteiger partial charge < -0.3 is 14.2 Å². The Morgan fingerprint density at radius 3 is 2.23 bits per heavy atom. The molecule has 0 atom stereocenters. The molecule has 6 aliphatic carbocycles. The number of nitrogens with zero attached hydrogens (tertiary/aromatic N) is 6. The summed E-state index contributed by atoms with van der Waals surface area (Å²) < 4.78 is 25.4. The quantitative estimate of drug-likeness (QED) is 0.278. The first kappa shape index (κ1) is 28.3. The minimum atomic E-state index is -1.03. The number of ether oxygens (including phenoxy) is 1. The molecule has 10 heteroatoms. The number of pyridine rings is 1.